The van der Waals surface area contributed by atoms with Crippen molar-refractivity contribution in [2.24, 2.45) is 0 Å². The van der Waals surface area contributed by atoms with E-state index >= 15 is 4.39 Å². The molecule has 2 aromatic rings. The Morgan fingerprint density at radius 3 is 2.72 bits per heavy atom. The van der Waals surface area contributed by atoms with Gasteiger partial charge in [0.25, 0.3) is 5.56 Å². The highest BCUT2D eigenvalue weighted by atomic mass is 31.3. The first-order valence-corrected chi connectivity index (χ1v) is 11.5. The number of nitrogen functional groups attached to an aromatic ring is 1. The Hall–Kier alpha value is -1.76. The van der Waals surface area contributed by atoms with Gasteiger partial charge in [0, 0.05) is 0 Å². The van der Waals surface area contributed by atoms with Crippen LogP contribution in [0, 0.1) is 0 Å². The van der Waals surface area contributed by atoms with Crippen molar-refractivity contribution in [3.05, 3.63) is 22.2 Å². The van der Waals surface area contributed by atoms with Crippen LogP contribution >= 0.6 is 15.6 Å². The molecule has 0 bridgehead atoms. The van der Waals surface area contributed by atoms with Crippen LogP contribution in [0.4, 0.5) is 10.3 Å². The Kier molecular flexibility index (Phi) is 6.65. The highest BCUT2D eigenvalue weighted by Crippen LogP contribution is 2.57. The summed E-state index contributed by atoms with van der Waals surface area (Å²) in [5, 5.41) is 23.6. The van der Waals surface area contributed by atoms with E-state index in [0.29, 0.717) is 0 Å². The van der Waals surface area contributed by atoms with Gasteiger partial charge in [0.15, 0.2) is 5.67 Å². The number of H-pyrrole nitrogens is 1. The molecule has 3 heterocycles. The van der Waals surface area contributed by atoms with Gasteiger partial charge in [-0.25, -0.2) is 23.0 Å². The molecule has 0 radical (unpaired) electrons. The summed E-state index contributed by atoms with van der Waals surface area (Å²) in [6.07, 6.45) is -3.83. The van der Waals surface area contributed by atoms with Crippen LogP contribution < -0.4 is 11.3 Å². The van der Waals surface area contributed by atoms with E-state index in [2.05, 4.69) is 28.5 Å². The van der Waals surface area contributed by atoms with Gasteiger partial charge >= 0.3 is 23.0 Å². The summed E-state index contributed by atoms with van der Waals surface area (Å²) in [5.74, 6) is -0.299. The molecule has 1 fully saturated rings. The van der Waals surface area contributed by atoms with Crippen molar-refractivity contribution in [3.63, 3.8) is 0 Å². The van der Waals surface area contributed by atoms with Crippen molar-refractivity contribution in [1.29, 1.82) is 0 Å². The number of nitrogens with zero attached hydrogens (tertiary/aromatic N) is 3. The monoisotopic (exact) mass is 503 g/mol. The first-order valence-electron chi connectivity index (χ1n) is 8.44. The van der Waals surface area contributed by atoms with E-state index < -0.39 is 59.1 Å². The van der Waals surface area contributed by atoms with Crippen LogP contribution in [0.1, 0.15) is 18.7 Å². The fourth-order valence-electron chi connectivity index (χ4n) is 2.97. The summed E-state index contributed by atoms with van der Waals surface area (Å²) < 4.78 is 55.7. The molecule has 8 N–H and O–H groups in total. The number of aromatic nitrogens is 4. The van der Waals surface area contributed by atoms with E-state index in [9.17, 15) is 24.1 Å². The summed E-state index contributed by atoms with van der Waals surface area (Å²) in [5.41, 5.74) is 1.96. The number of nitrogens with one attached hydrogen (secondary N) is 1. The third kappa shape index (κ3) is 5.24. The molecule has 32 heavy (non-hydrogen) atoms. The zero-order valence-electron chi connectivity index (χ0n) is 15.9. The Bertz CT molecular complexity index is 1150. The number of anilines is 1. The minimum atomic E-state index is -5.44. The van der Waals surface area contributed by atoms with Crippen molar-refractivity contribution in [1.82, 2.24) is 19.6 Å². The first kappa shape index (κ1) is 24.9. The molecular formula is C11H17BFN5O12P2. The molecule has 21 heteroatoms. The average molecular weight is 503 g/mol. The molecule has 1 unspecified atom stereocenters. The first-order chi connectivity index (χ1) is 14.6. The second-order valence-electron chi connectivity index (χ2n) is 6.70. The van der Waals surface area contributed by atoms with Crippen molar-refractivity contribution in [2.75, 3.05) is 12.3 Å². The minimum Gasteiger partial charge on any atom is -0.401 e. The quantitative estimate of drug-likeness (QED) is 0.148. The standard InChI is InChI=1S/C11H17BFN5O12P2/c1-11(13)6(19)5(3-27-12(21)29-32(25,26)30-31(22,23)24)28-7(11)4-2-15-8-9(20)16-10(14)17-18(4)8/h2,5-7,19,21H,3H2,1H3,(H,25,26)(H2,22,23,24)(H3,14,16,17,20)/t5-,6-,7+,11-/m1/s1. The predicted molar refractivity (Wildman–Crippen MR) is 99.1 cm³/mol. The number of aromatic amines is 1. The summed E-state index contributed by atoms with van der Waals surface area (Å²) in [6.45, 7) is 0.155. The van der Waals surface area contributed by atoms with E-state index in [0.717, 1.165) is 17.6 Å². The number of halogens is 1. The normalized spacial score (nSPS) is 28.2. The maximum atomic E-state index is 15.3. The van der Waals surface area contributed by atoms with Gasteiger partial charge in [-0.1, -0.05) is 0 Å². The van der Waals surface area contributed by atoms with Gasteiger partial charge in [-0.05, 0) is 6.92 Å². The van der Waals surface area contributed by atoms with Gasteiger partial charge < -0.3 is 39.9 Å². The molecular weight excluding hydrogens is 486 g/mol. The van der Waals surface area contributed by atoms with Gasteiger partial charge in [0.05, 0.1) is 18.5 Å². The van der Waals surface area contributed by atoms with Crippen LogP contribution in [-0.4, -0.2) is 76.2 Å². The Balaban J connectivity index is 1.73. The maximum absolute atomic E-state index is 15.3. The smallest absolute Gasteiger partial charge is 0.401 e. The number of fused-ring (bicyclic) bond motifs is 1. The van der Waals surface area contributed by atoms with Gasteiger partial charge in [-0.15, -0.1) is 5.10 Å². The minimum absolute atomic E-state index is 0.0870. The molecule has 17 nitrogen and oxygen atoms in total. The predicted octanol–water partition coefficient (Wildman–Crippen LogP) is -2.25. The Labute approximate surface area is 176 Å². The lowest BCUT2D eigenvalue weighted by Crippen LogP contribution is -2.41. The number of phosphoric acid groups is 2. The largest absolute Gasteiger partial charge is 0.645 e. The number of hydrogen-bond donors (Lipinski definition) is 7. The zero-order valence-corrected chi connectivity index (χ0v) is 17.7. The van der Waals surface area contributed by atoms with Crippen LogP contribution in [0.15, 0.2) is 11.0 Å². The highest BCUT2D eigenvalue weighted by Gasteiger charge is 2.56. The van der Waals surface area contributed by atoms with Crippen molar-refractivity contribution in [3.8, 4) is 0 Å². The van der Waals surface area contributed by atoms with Gasteiger partial charge in [-0.3, -0.25) is 14.2 Å². The number of rotatable bonds is 8. The summed E-state index contributed by atoms with van der Waals surface area (Å²) >= 11 is 0. The van der Waals surface area contributed by atoms with Crippen LogP contribution in [0.5, 0.6) is 0 Å². The zero-order chi connectivity index (χ0) is 24.1. The molecule has 1 saturated heterocycles. The SMILES string of the molecule is C[C@@]1(F)[C@H](O)[C@@H](COB(O)OP(=O)(O)OP(=O)(O)O)O[C@H]1c1cnc2c(=O)[nH]c(N)nn12. The highest BCUT2D eigenvalue weighted by molar-refractivity contribution is 7.61. The summed E-state index contributed by atoms with van der Waals surface area (Å²) in [4.78, 5) is 44.1. The molecule has 5 atom stereocenters. The topological polar surface area (TPSA) is 261 Å². The molecule has 1 aliphatic rings. The maximum Gasteiger partial charge on any atom is 0.645 e. The van der Waals surface area contributed by atoms with E-state index in [-0.39, 0.29) is 17.3 Å². The second kappa shape index (κ2) is 8.55. The third-order valence-electron chi connectivity index (χ3n) is 4.28. The molecule has 0 saturated carbocycles. The van der Waals surface area contributed by atoms with Gasteiger partial charge in [-0.2, -0.15) is 4.31 Å². The van der Waals surface area contributed by atoms with Gasteiger partial charge in [0.1, 0.15) is 18.3 Å². The van der Waals surface area contributed by atoms with Crippen molar-refractivity contribution in [2.45, 2.75) is 30.9 Å². The lowest BCUT2D eigenvalue weighted by molar-refractivity contribution is -0.0275. The molecule has 0 aromatic carbocycles. The second-order valence-corrected chi connectivity index (χ2v) is 9.48. The van der Waals surface area contributed by atoms with Crippen LogP contribution in [0.2, 0.25) is 0 Å². The van der Waals surface area contributed by atoms with Crippen molar-refractivity contribution < 1.29 is 56.5 Å². The number of aliphatic hydroxyl groups is 1. The number of alkyl halides is 1. The van der Waals surface area contributed by atoms with E-state index in [1.165, 1.54) is 0 Å². The number of nitrogens with two attached hydrogens (primary N) is 1. The Morgan fingerprint density at radius 1 is 1.44 bits per heavy atom. The summed E-state index contributed by atoms with van der Waals surface area (Å²) in [7, 11) is -13.5. The molecule has 0 aliphatic carbocycles. The van der Waals surface area contributed by atoms with Crippen LogP contribution in [-0.2, 0) is 27.3 Å². The lowest BCUT2D eigenvalue weighted by Gasteiger charge is -2.23. The third-order valence-corrected chi connectivity index (χ3v) is 6.40. The molecule has 0 spiro atoms. The fraction of sp³-hybridized carbons (Fsp3) is 0.545. The van der Waals surface area contributed by atoms with E-state index in [1.807, 2.05) is 0 Å². The lowest BCUT2D eigenvalue weighted by atomic mass is 9.93. The number of ether oxygens (including phenoxy) is 1. The summed E-state index contributed by atoms with van der Waals surface area (Å²) in [6, 6.07) is 0. The van der Waals surface area contributed by atoms with E-state index in [4.69, 9.17) is 25.2 Å². The van der Waals surface area contributed by atoms with Gasteiger partial charge in [0.2, 0.25) is 11.6 Å². The van der Waals surface area contributed by atoms with E-state index in [1.54, 1.807) is 0 Å². The fourth-order valence-corrected chi connectivity index (χ4v) is 4.49. The van der Waals surface area contributed by atoms with Crippen LogP contribution in [0.3, 0.4) is 0 Å². The average Bonchev–Trinajstić information content (AvgIpc) is 3.10. The number of aliphatic hydroxyl groups excluding tert-OH is 1. The molecule has 1 aliphatic heterocycles. The number of imidazole rings is 1. The molecule has 178 valence electrons. The van der Waals surface area contributed by atoms with Crippen LogP contribution in [0.25, 0.3) is 5.65 Å². The molecule has 3 rings (SSSR count). The van der Waals surface area contributed by atoms with Crippen molar-refractivity contribution >= 4 is 34.6 Å². The number of hydrogen-bond acceptors (Lipinski definition) is 12. The molecule has 2 aromatic heterocycles. The molecule has 0 amide bonds. The Morgan fingerprint density at radius 2 is 2.09 bits per heavy atom.